The first-order chi connectivity index (χ1) is 12.7. The summed E-state index contributed by atoms with van der Waals surface area (Å²) >= 11 is 0. The molecule has 0 heterocycles. The number of rotatable bonds is 8. The van der Waals surface area contributed by atoms with Crippen molar-refractivity contribution in [1.29, 1.82) is 0 Å². The Morgan fingerprint density at radius 2 is 1.70 bits per heavy atom. The molecule has 0 radical (unpaired) electrons. The molecule has 27 heavy (non-hydrogen) atoms. The van der Waals surface area contributed by atoms with Crippen LogP contribution in [0.1, 0.15) is 31.7 Å². The Bertz CT molecular complexity index is 855. The Hall–Kier alpha value is -2.41. The summed E-state index contributed by atoms with van der Waals surface area (Å²) < 4.78 is 38.9. The number of benzene rings is 2. The van der Waals surface area contributed by atoms with Crippen LogP contribution in [0.3, 0.4) is 0 Å². The average Bonchev–Trinajstić information content (AvgIpc) is 2.64. The number of nitrogens with one attached hydrogen (secondary N) is 1. The molecule has 2 aromatic carbocycles. The molecular weight excluding hydrogens is 367 g/mol. The molecular formula is C20H25FN2O3S. The van der Waals surface area contributed by atoms with Crippen LogP contribution in [-0.4, -0.2) is 33.2 Å². The SMILES string of the molecule is CC[C@H](C(=O)NC[C@@H](C)c1ccccc1)N(c1ccc(F)cc1)S(C)(=O)=O. The number of halogens is 1. The molecule has 2 aromatic rings. The molecule has 2 atom stereocenters. The fourth-order valence-electron chi connectivity index (χ4n) is 2.92. The largest absolute Gasteiger partial charge is 0.354 e. The normalized spacial score (nSPS) is 13.6. The van der Waals surface area contributed by atoms with E-state index in [1.165, 1.54) is 24.3 Å². The van der Waals surface area contributed by atoms with Gasteiger partial charge in [0.1, 0.15) is 11.9 Å². The monoisotopic (exact) mass is 392 g/mol. The zero-order valence-electron chi connectivity index (χ0n) is 15.7. The molecule has 0 aliphatic heterocycles. The lowest BCUT2D eigenvalue weighted by Gasteiger charge is -2.30. The highest BCUT2D eigenvalue weighted by Crippen LogP contribution is 2.23. The first-order valence-corrected chi connectivity index (χ1v) is 10.7. The van der Waals surface area contributed by atoms with Crippen molar-refractivity contribution >= 4 is 21.6 Å². The van der Waals surface area contributed by atoms with Crippen LogP contribution in [0, 0.1) is 5.82 Å². The van der Waals surface area contributed by atoms with Crippen molar-refractivity contribution in [3.63, 3.8) is 0 Å². The van der Waals surface area contributed by atoms with Crippen molar-refractivity contribution in [3.8, 4) is 0 Å². The van der Waals surface area contributed by atoms with E-state index in [9.17, 15) is 17.6 Å². The van der Waals surface area contributed by atoms with Gasteiger partial charge in [0.15, 0.2) is 0 Å². The van der Waals surface area contributed by atoms with Gasteiger partial charge in [-0.25, -0.2) is 12.8 Å². The summed E-state index contributed by atoms with van der Waals surface area (Å²) in [6.45, 7) is 4.12. The van der Waals surface area contributed by atoms with Crippen molar-refractivity contribution in [2.24, 2.45) is 0 Å². The molecule has 0 spiro atoms. The third kappa shape index (κ3) is 5.53. The predicted molar refractivity (Wildman–Crippen MR) is 106 cm³/mol. The maximum Gasteiger partial charge on any atom is 0.243 e. The molecule has 7 heteroatoms. The molecule has 5 nitrogen and oxygen atoms in total. The van der Waals surface area contributed by atoms with Gasteiger partial charge in [-0.3, -0.25) is 9.10 Å². The van der Waals surface area contributed by atoms with Crippen molar-refractivity contribution < 1.29 is 17.6 Å². The Morgan fingerprint density at radius 1 is 1.11 bits per heavy atom. The van der Waals surface area contributed by atoms with E-state index >= 15 is 0 Å². The fourth-order valence-corrected chi connectivity index (χ4v) is 4.13. The minimum Gasteiger partial charge on any atom is -0.354 e. The second-order valence-corrected chi connectivity index (χ2v) is 8.38. The summed E-state index contributed by atoms with van der Waals surface area (Å²) in [6.07, 6.45) is 1.33. The highest BCUT2D eigenvalue weighted by Gasteiger charge is 2.31. The predicted octanol–water partition coefficient (Wildman–Crippen LogP) is 3.29. The highest BCUT2D eigenvalue weighted by atomic mass is 32.2. The van der Waals surface area contributed by atoms with Crippen molar-refractivity contribution in [2.75, 3.05) is 17.1 Å². The number of carbonyl (C=O) groups excluding carboxylic acids is 1. The van der Waals surface area contributed by atoms with Crippen LogP contribution in [0.25, 0.3) is 0 Å². The van der Waals surface area contributed by atoms with Crippen molar-refractivity contribution in [3.05, 3.63) is 66.0 Å². The molecule has 0 saturated carbocycles. The van der Waals surface area contributed by atoms with Crippen LogP contribution in [0.15, 0.2) is 54.6 Å². The summed E-state index contributed by atoms with van der Waals surface area (Å²) in [4.78, 5) is 12.7. The lowest BCUT2D eigenvalue weighted by Crippen LogP contribution is -2.49. The number of carbonyl (C=O) groups is 1. The van der Waals surface area contributed by atoms with Gasteiger partial charge in [-0.15, -0.1) is 0 Å². The second-order valence-electron chi connectivity index (χ2n) is 6.52. The lowest BCUT2D eigenvalue weighted by atomic mass is 10.0. The maximum absolute atomic E-state index is 13.2. The molecule has 0 fully saturated rings. The lowest BCUT2D eigenvalue weighted by molar-refractivity contribution is -0.122. The standard InChI is InChI=1S/C20H25FN2O3S/c1-4-19(20(24)22-14-15(2)16-8-6-5-7-9-16)23(27(3,25)26)18-12-10-17(21)11-13-18/h5-13,15,19H,4,14H2,1-3H3,(H,22,24)/t15-,19-/m1/s1. The number of sulfonamides is 1. The Morgan fingerprint density at radius 3 is 2.22 bits per heavy atom. The molecule has 0 unspecified atom stereocenters. The summed E-state index contributed by atoms with van der Waals surface area (Å²) in [5.74, 6) is -0.762. The summed E-state index contributed by atoms with van der Waals surface area (Å²) in [6, 6.07) is 13.9. The van der Waals surface area contributed by atoms with Gasteiger partial charge in [0, 0.05) is 6.54 Å². The Labute approximate surface area is 160 Å². The minimum absolute atomic E-state index is 0.0881. The molecule has 0 aromatic heterocycles. The zero-order chi connectivity index (χ0) is 20.0. The molecule has 0 aliphatic carbocycles. The molecule has 0 bridgehead atoms. The smallest absolute Gasteiger partial charge is 0.243 e. The van der Waals surface area contributed by atoms with Crippen molar-refractivity contribution in [2.45, 2.75) is 32.2 Å². The highest BCUT2D eigenvalue weighted by molar-refractivity contribution is 7.92. The van der Waals surface area contributed by atoms with Crippen LogP contribution in [0.4, 0.5) is 10.1 Å². The van der Waals surface area contributed by atoms with E-state index in [0.717, 1.165) is 16.1 Å². The van der Waals surface area contributed by atoms with Crippen LogP contribution >= 0.6 is 0 Å². The fraction of sp³-hybridized carbons (Fsp3) is 0.350. The molecule has 146 valence electrons. The molecule has 2 rings (SSSR count). The number of hydrogen-bond acceptors (Lipinski definition) is 3. The van der Waals surface area contributed by atoms with Gasteiger partial charge in [-0.05, 0) is 42.2 Å². The molecule has 1 amide bonds. The van der Waals surface area contributed by atoms with E-state index < -0.39 is 21.9 Å². The average molecular weight is 392 g/mol. The molecule has 0 saturated heterocycles. The van der Waals surface area contributed by atoms with Crippen LogP contribution in [0.5, 0.6) is 0 Å². The number of hydrogen-bond donors (Lipinski definition) is 1. The summed E-state index contributed by atoms with van der Waals surface area (Å²) in [5, 5.41) is 2.85. The van der Waals surface area contributed by atoms with Gasteiger partial charge in [0.05, 0.1) is 11.9 Å². The summed E-state index contributed by atoms with van der Waals surface area (Å²) in [5.41, 5.74) is 1.35. The van der Waals surface area contributed by atoms with Crippen LogP contribution in [0.2, 0.25) is 0 Å². The quantitative estimate of drug-likeness (QED) is 0.750. The molecule has 0 aliphatic rings. The Kier molecular flexibility index (Phi) is 6.96. The third-order valence-corrected chi connectivity index (χ3v) is 5.54. The topological polar surface area (TPSA) is 66.5 Å². The van der Waals surface area contributed by atoms with E-state index in [-0.39, 0.29) is 23.9 Å². The number of nitrogens with zero attached hydrogens (tertiary/aromatic N) is 1. The van der Waals surface area contributed by atoms with Gasteiger partial charge in [0.2, 0.25) is 15.9 Å². The molecule has 1 N–H and O–H groups in total. The summed E-state index contributed by atoms with van der Waals surface area (Å²) in [7, 11) is -3.73. The first kappa shape index (κ1) is 20.9. The Balaban J connectivity index is 2.18. The minimum atomic E-state index is -3.73. The van der Waals surface area contributed by atoms with E-state index in [2.05, 4.69) is 5.32 Å². The number of amides is 1. The maximum atomic E-state index is 13.2. The van der Waals surface area contributed by atoms with Gasteiger partial charge in [0.25, 0.3) is 0 Å². The van der Waals surface area contributed by atoms with Crippen LogP contribution < -0.4 is 9.62 Å². The van der Waals surface area contributed by atoms with E-state index in [4.69, 9.17) is 0 Å². The zero-order valence-corrected chi connectivity index (χ0v) is 16.5. The van der Waals surface area contributed by atoms with Gasteiger partial charge in [-0.1, -0.05) is 44.2 Å². The van der Waals surface area contributed by atoms with Gasteiger partial charge in [-0.2, -0.15) is 0 Å². The van der Waals surface area contributed by atoms with E-state index in [1.807, 2.05) is 37.3 Å². The van der Waals surface area contributed by atoms with E-state index in [1.54, 1.807) is 6.92 Å². The van der Waals surface area contributed by atoms with Crippen molar-refractivity contribution in [1.82, 2.24) is 5.32 Å². The van der Waals surface area contributed by atoms with Gasteiger partial charge < -0.3 is 5.32 Å². The number of anilines is 1. The van der Waals surface area contributed by atoms with Gasteiger partial charge >= 0.3 is 0 Å². The van der Waals surface area contributed by atoms with E-state index in [0.29, 0.717) is 6.54 Å². The first-order valence-electron chi connectivity index (χ1n) is 8.81. The van der Waals surface area contributed by atoms with Crippen LogP contribution in [-0.2, 0) is 14.8 Å². The second kappa shape index (κ2) is 8.99. The third-order valence-electron chi connectivity index (χ3n) is 4.36.